The van der Waals surface area contributed by atoms with E-state index in [1.165, 1.54) is 16.7 Å². The predicted octanol–water partition coefficient (Wildman–Crippen LogP) is 5.67. The van der Waals surface area contributed by atoms with Crippen LogP contribution in [-0.4, -0.2) is 23.4 Å². The molecule has 1 aromatic carbocycles. The number of oxime groups is 1. The first kappa shape index (κ1) is 22.4. The van der Waals surface area contributed by atoms with Crippen molar-refractivity contribution in [3.8, 4) is 12.3 Å². The van der Waals surface area contributed by atoms with Crippen molar-refractivity contribution < 1.29 is 14.7 Å². The van der Waals surface area contributed by atoms with Crippen molar-refractivity contribution >= 4 is 11.7 Å². The van der Waals surface area contributed by atoms with Gasteiger partial charge in [0.05, 0.1) is 11.1 Å². The molecule has 1 fully saturated rings. The molecule has 0 amide bonds. The molecule has 2 aliphatic rings. The molecule has 162 valence electrons. The Balaban J connectivity index is 2.17. The maximum Gasteiger partial charge on any atom is 0.309 e. The number of rotatable bonds is 6. The molecule has 1 saturated carbocycles. The normalized spacial score (nSPS) is 28.4. The molecule has 2 aliphatic carbocycles. The number of carboxylic acids is 1. The first-order valence-corrected chi connectivity index (χ1v) is 11.2. The van der Waals surface area contributed by atoms with Crippen molar-refractivity contribution in [3.05, 3.63) is 34.4 Å². The average molecular weight is 410 g/mol. The Kier molecular flexibility index (Phi) is 6.32. The zero-order chi connectivity index (χ0) is 22.1. The Hall–Kier alpha value is -2.28. The van der Waals surface area contributed by atoms with Crippen molar-refractivity contribution in [3.63, 3.8) is 0 Å². The summed E-state index contributed by atoms with van der Waals surface area (Å²) in [6, 6.07) is 4.64. The summed E-state index contributed by atoms with van der Waals surface area (Å²) in [5, 5.41) is 14.4. The molecule has 0 saturated heterocycles. The van der Waals surface area contributed by atoms with E-state index in [1.807, 2.05) is 6.92 Å². The molecule has 0 spiro atoms. The molecule has 1 N–H and O–H groups in total. The summed E-state index contributed by atoms with van der Waals surface area (Å²) in [6.07, 6.45) is 10.7. The predicted molar refractivity (Wildman–Crippen MR) is 121 cm³/mol. The van der Waals surface area contributed by atoms with Gasteiger partial charge in [0.15, 0.2) is 6.61 Å². The highest BCUT2D eigenvalue weighted by Crippen LogP contribution is 2.57. The molecule has 1 aromatic rings. The Morgan fingerprint density at radius 1 is 1.37 bits per heavy atom. The number of nitrogens with zero attached hydrogens (tertiary/aromatic N) is 1. The number of terminal acetylenes is 1. The standard InChI is InChI=1S/C26H35NO3/c1-7-14-30-27-22(8-2)20-16-21-18(15-19(20)17(3)4)10-11-23-25(21,5)12-9-13-26(23,6)24(28)29/h1,15-17,23H,8-14H2,2-6H3,(H,28,29)/t23-,25-,26-/m1/s1. The van der Waals surface area contributed by atoms with Gasteiger partial charge in [0.25, 0.3) is 0 Å². The van der Waals surface area contributed by atoms with Crippen LogP contribution in [0, 0.1) is 23.7 Å². The van der Waals surface area contributed by atoms with Gasteiger partial charge >= 0.3 is 5.97 Å². The fourth-order valence-corrected chi connectivity index (χ4v) is 5.97. The molecule has 0 aromatic heterocycles. The van der Waals surface area contributed by atoms with Crippen molar-refractivity contribution in [1.29, 1.82) is 0 Å². The van der Waals surface area contributed by atoms with Gasteiger partial charge in [-0.3, -0.25) is 4.79 Å². The second-order valence-electron chi connectivity index (χ2n) is 9.71. The van der Waals surface area contributed by atoms with E-state index in [-0.39, 0.29) is 17.9 Å². The number of carbonyl (C=O) groups is 1. The molecule has 3 atom stereocenters. The highest BCUT2D eigenvalue weighted by molar-refractivity contribution is 6.02. The molecule has 0 heterocycles. The van der Waals surface area contributed by atoms with Crippen LogP contribution in [-0.2, 0) is 21.5 Å². The fourth-order valence-electron chi connectivity index (χ4n) is 5.97. The maximum atomic E-state index is 12.2. The first-order chi connectivity index (χ1) is 14.2. The van der Waals surface area contributed by atoms with Crippen LogP contribution in [0.25, 0.3) is 0 Å². The van der Waals surface area contributed by atoms with Gasteiger partial charge in [-0.2, -0.15) is 0 Å². The van der Waals surface area contributed by atoms with Gasteiger partial charge in [0, 0.05) is 5.56 Å². The number of fused-ring (bicyclic) bond motifs is 3. The number of aliphatic carboxylic acids is 1. The van der Waals surface area contributed by atoms with E-state index in [9.17, 15) is 9.90 Å². The van der Waals surface area contributed by atoms with Crippen LogP contribution in [0.5, 0.6) is 0 Å². The highest BCUT2D eigenvalue weighted by Gasteiger charge is 2.55. The molecular weight excluding hydrogens is 374 g/mol. The zero-order valence-corrected chi connectivity index (χ0v) is 19.0. The van der Waals surface area contributed by atoms with Crippen molar-refractivity contribution in [2.24, 2.45) is 16.5 Å². The monoisotopic (exact) mass is 409 g/mol. The SMILES string of the molecule is C#CCON=C(CC)c1cc2c(cc1C(C)C)CC[C@H]1[C@](C)(C(=O)O)CCC[C@]21C. The van der Waals surface area contributed by atoms with Crippen molar-refractivity contribution in [1.82, 2.24) is 0 Å². The van der Waals surface area contributed by atoms with Gasteiger partial charge in [-0.1, -0.05) is 51.3 Å². The van der Waals surface area contributed by atoms with Crippen molar-refractivity contribution in [2.75, 3.05) is 6.61 Å². The summed E-state index contributed by atoms with van der Waals surface area (Å²) in [5.74, 6) is 2.31. The molecule has 4 nitrogen and oxygen atoms in total. The lowest BCUT2D eigenvalue weighted by Gasteiger charge is -2.53. The van der Waals surface area contributed by atoms with Gasteiger partial charge in [-0.25, -0.2) is 0 Å². The van der Waals surface area contributed by atoms with Gasteiger partial charge in [0.2, 0.25) is 0 Å². The van der Waals surface area contributed by atoms with Gasteiger partial charge in [-0.05, 0) is 79.0 Å². The summed E-state index contributed by atoms with van der Waals surface area (Å²) in [4.78, 5) is 17.6. The molecular formula is C26H35NO3. The Labute approximate surface area is 181 Å². The molecule has 3 rings (SSSR count). The lowest BCUT2D eigenvalue weighted by molar-refractivity contribution is -0.157. The van der Waals surface area contributed by atoms with Gasteiger partial charge < -0.3 is 9.94 Å². The summed E-state index contributed by atoms with van der Waals surface area (Å²) >= 11 is 0. The summed E-state index contributed by atoms with van der Waals surface area (Å²) in [6.45, 7) is 10.9. The minimum Gasteiger partial charge on any atom is -0.481 e. The number of aryl methyl sites for hydroxylation is 1. The Bertz CT molecular complexity index is 894. The molecule has 0 bridgehead atoms. The first-order valence-electron chi connectivity index (χ1n) is 11.2. The quantitative estimate of drug-likeness (QED) is 0.285. The zero-order valence-electron chi connectivity index (χ0n) is 19.0. The largest absolute Gasteiger partial charge is 0.481 e. The van der Waals surface area contributed by atoms with Crippen LogP contribution in [0.2, 0.25) is 0 Å². The molecule has 0 aliphatic heterocycles. The third-order valence-corrected chi connectivity index (χ3v) is 7.60. The second kappa shape index (κ2) is 8.46. The molecule has 0 radical (unpaired) electrons. The minimum absolute atomic E-state index is 0.137. The van der Waals surface area contributed by atoms with Crippen LogP contribution < -0.4 is 0 Å². The third-order valence-electron chi connectivity index (χ3n) is 7.60. The third kappa shape index (κ3) is 3.64. The highest BCUT2D eigenvalue weighted by atomic mass is 16.6. The summed E-state index contributed by atoms with van der Waals surface area (Å²) < 4.78 is 0. The molecule has 4 heteroatoms. The van der Waals surface area contributed by atoms with Gasteiger partial charge in [0.1, 0.15) is 0 Å². The maximum absolute atomic E-state index is 12.2. The van der Waals surface area contributed by atoms with E-state index in [4.69, 9.17) is 11.3 Å². The van der Waals surface area contributed by atoms with E-state index < -0.39 is 11.4 Å². The minimum atomic E-state index is -0.668. The summed E-state index contributed by atoms with van der Waals surface area (Å²) in [5.41, 5.74) is 5.17. The average Bonchev–Trinajstić information content (AvgIpc) is 2.70. The number of carboxylic acid groups (broad SMARTS) is 1. The molecule has 0 unspecified atom stereocenters. The topological polar surface area (TPSA) is 58.9 Å². The van der Waals surface area contributed by atoms with E-state index in [1.54, 1.807) is 0 Å². The Morgan fingerprint density at radius 2 is 2.10 bits per heavy atom. The van der Waals surface area contributed by atoms with E-state index >= 15 is 0 Å². The van der Waals surface area contributed by atoms with Gasteiger partial charge in [-0.15, -0.1) is 6.42 Å². The van der Waals surface area contributed by atoms with E-state index in [2.05, 4.69) is 50.9 Å². The lowest BCUT2D eigenvalue weighted by Crippen LogP contribution is -2.52. The van der Waals surface area contributed by atoms with E-state index in [0.717, 1.165) is 49.8 Å². The molecule has 30 heavy (non-hydrogen) atoms. The number of hydrogen-bond acceptors (Lipinski definition) is 3. The number of benzene rings is 1. The number of hydrogen-bond donors (Lipinski definition) is 1. The van der Waals surface area contributed by atoms with Crippen LogP contribution in [0.3, 0.4) is 0 Å². The Morgan fingerprint density at radius 3 is 2.70 bits per heavy atom. The van der Waals surface area contributed by atoms with Crippen molar-refractivity contribution in [2.45, 2.75) is 84.5 Å². The second-order valence-corrected chi connectivity index (χ2v) is 9.71. The van der Waals surface area contributed by atoms with E-state index in [0.29, 0.717) is 5.92 Å². The van der Waals surface area contributed by atoms with Crippen LogP contribution in [0.4, 0.5) is 0 Å². The fraction of sp³-hybridized carbons (Fsp3) is 0.615. The lowest BCUT2D eigenvalue weighted by atomic mass is 9.49. The van der Waals surface area contributed by atoms with Crippen LogP contribution >= 0.6 is 0 Å². The van der Waals surface area contributed by atoms with Crippen LogP contribution in [0.15, 0.2) is 17.3 Å². The van der Waals surface area contributed by atoms with Crippen LogP contribution in [0.1, 0.15) is 94.9 Å². The smallest absolute Gasteiger partial charge is 0.309 e. The summed E-state index contributed by atoms with van der Waals surface area (Å²) in [7, 11) is 0.